The molecule has 0 saturated heterocycles. The first-order valence-corrected chi connectivity index (χ1v) is 21.1. The molecule has 13 rings (SSSR count). The number of hydrogen-bond acceptors (Lipinski definition) is 4. The molecular formula is C58H35N3O. The van der Waals surface area contributed by atoms with Crippen LogP contribution in [0.3, 0.4) is 0 Å². The van der Waals surface area contributed by atoms with Crippen LogP contribution in [0.5, 0.6) is 0 Å². The van der Waals surface area contributed by atoms with Crippen molar-refractivity contribution in [1.29, 1.82) is 0 Å². The summed E-state index contributed by atoms with van der Waals surface area (Å²) in [5.74, 6) is 1.79. The van der Waals surface area contributed by atoms with Crippen molar-refractivity contribution in [2.75, 3.05) is 0 Å². The Hall–Kier alpha value is -8.21. The molecule has 2 aliphatic rings. The van der Waals surface area contributed by atoms with Crippen LogP contribution >= 0.6 is 0 Å². The Kier molecular flexibility index (Phi) is 7.49. The van der Waals surface area contributed by atoms with Gasteiger partial charge in [-0.05, 0) is 85.0 Å². The quantitative estimate of drug-likeness (QED) is 0.178. The van der Waals surface area contributed by atoms with E-state index in [1.807, 2.05) is 30.3 Å². The first kappa shape index (κ1) is 34.6. The van der Waals surface area contributed by atoms with Gasteiger partial charge in [-0.15, -0.1) is 0 Å². The lowest BCUT2D eigenvalue weighted by Gasteiger charge is -2.35. The fraction of sp³-hybridized carbons (Fsp3) is 0.0172. The second-order valence-electron chi connectivity index (χ2n) is 16.2. The Balaban J connectivity index is 1.11. The summed E-state index contributed by atoms with van der Waals surface area (Å²) < 4.78 is 6.39. The van der Waals surface area contributed by atoms with Gasteiger partial charge in [-0.3, -0.25) is 0 Å². The summed E-state index contributed by atoms with van der Waals surface area (Å²) in [4.78, 5) is 16.2. The van der Waals surface area contributed by atoms with Crippen molar-refractivity contribution >= 4 is 21.9 Å². The lowest BCUT2D eigenvalue weighted by Crippen LogP contribution is -2.29. The lowest BCUT2D eigenvalue weighted by atomic mass is 9.66. The fourth-order valence-electron chi connectivity index (χ4n) is 10.4. The van der Waals surface area contributed by atoms with E-state index in [2.05, 4.69) is 182 Å². The van der Waals surface area contributed by atoms with Crippen LogP contribution in [0.15, 0.2) is 217 Å². The van der Waals surface area contributed by atoms with Gasteiger partial charge in [0.2, 0.25) is 0 Å². The number of fused-ring (bicyclic) bond motifs is 15. The molecule has 0 aliphatic heterocycles. The molecule has 0 amide bonds. The third-order valence-electron chi connectivity index (χ3n) is 13.0. The third-order valence-corrected chi connectivity index (χ3v) is 13.0. The van der Waals surface area contributed by atoms with Crippen LogP contribution in [0.4, 0.5) is 0 Å². The van der Waals surface area contributed by atoms with Gasteiger partial charge in [-0.1, -0.05) is 194 Å². The average molecular weight is 790 g/mol. The SMILES string of the molecule is c1ccc(-c2ccccc2-c2nc(-c3ccc4c(c3)C3(c5ccccc5-c5ccccc5-c5ccccc53)c3ccccc3-4)nc(-c3cccc4oc5ccccc5c34)n2)cc1. The van der Waals surface area contributed by atoms with Crippen LogP contribution in [0, 0.1) is 0 Å². The number of aromatic nitrogens is 3. The van der Waals surface area contributed by atoms with Crippen LogP contribution in [0.2, 0.25) is 0 Å². The van der Waals surface area contributed by atoms with Gasteiger partial charge < -0.3 is 4.42 Å². The summed E-state index contributed by atoms with van der Waals surface area (Å²) >= 11 is 0. The summed E-state index contributed by atoms with van der Waals surface area (Å²) in [6.45, 7) is 0. The molecule has 62 heavy (non-hydrogen) atoms. The normalized spacial score (nSPS) is 13.0. The highest BCUT2D eigenvalue weighted by molar-refractivity contribution is 6.12. The third kappa shape index (κ3) is 4.92. The lowest BCUT2D eigenvalue weighted by molar-refractivity contribution is 0.669. The largest absolute Gasteiger partial charge is 0.456 e. The van der Waals surface area contributed by atoms with Crippen molar-refractivity contribution in [3.05, 3.63) is 235 Å². The van der Waals surface area contributed by atoms with Crippen LogP contribution in [-0.2, 0) is 5.41 Å². The molecular weight excluding hydrogens is 755 g/mol. The van der Waals surface area contributed by atoms with Crippen LogP contribution < -0.4 is 0 Å². The number of furan rings is 1. The Morgan fingerprint density at radius 2 is 0.758 bits per heavy atom. The van der Waals surface area contributed by atoms with E-state index >= 15 is 0 Å². The molecule has 9 aromatic carbocycles. The zero-order chi connectivity index (χ0) is 40.8. The molecule has 2 aromatic heterocycles. The molecule has 0 radical (unpaired) electrons. The maximum atomic E-state index is 6.39. The number of benzene rings is 9. The highest BCUT2D eigenvalue weighted by Crippen LogP contribution is 2.61. The number of rotatable bonds is 4. The highest BCUT2D eigenvalue weighted by Gasteiger charge is 2.49. The summed E-state index contributed by atoms with van der Waals surface area (Å²) in [6, 6.07) is 75.8. The Bertz CT molecular complexity index is 3540. The smallest absolute Gasteiger partial charge is 0.164 e. The van der Waals surface area contributed by atoms with Gasteiger partial charge >= 0.3 is 0 Å². The standard InChI is InChI=1S/C58H35N3O/c1-2-17-36(18-3-1)38-19-4-7-25-45(38)56-59-55(60-57(61-56)47-27-16-32-53-54(47)46-26-11-15-31-52(46)62-53)37-33-34-44-43-24-10-14-30-50(43)58(51(44)35-37)48-28-12-8-22-41(48)39-20-5-6-21-40(39)42-23-9-13-29-49(42)58/h1-35H. The van der Waals surface area contributed by atoms with Gasteiger partial charge in [0.1, 0.15) is 11.2 Å². The van der Waals surface area contributed by atoms with Crippen molar-refractivity contribution < 1.29 is 4.42 Å². The van der Waals surface area contributed by atoms with Crippen molar-refractivity contribution in [2.24, 2.45) is 0 Å². The molecule has 0 atom stereocenters. The van der Waals surface area contributed by atoms with E-state index in [1.165, 1.54) is 55.6 Å². The monoisotopic (exact) mass is 789 g/mol. The molecule has 0 unspecified atom stereocenters. The minimum atomic E-state index is -0.631. The molecule has 11 aromatic rings. The highest BCUT2D eigenvalue weighted by atomic mass is 16.3. The summed E-state index contributed by atoms with van der Waals surface area (Å²) in [6.07, 6.45) is 0. The van der Waals surface area contributed by atoms with E-state index in [0.717, 1.165) is 49.8 Å². The van der Waals surface area contributed by atoms with E-state index < -0.39 is 5.41 Å². The van der Waals surface area contributed by atoms with Crippen molar-refractivity contribution in [3.8, 4) is 78.7 Å². The van der Waals surface area contributed by atoms with Crippen molar-refractivity contribution in [2.45, 2.75) is 5.41 Å². The predicted molar refractivity (Wildman–Crippen MR) is 251 cm³/mol. The molecule has 0 N–H and O–H groups in total. The molecule has 2 heterocycles. The molecule has 288 valence electrons. The molecule has 2 aliphatic carbocycles. The zero-order valence-electron chi connectivity index (χ0n) is 33.5. The zero-order valence-corrected chi connectivity index (χ0v) is 33.5. The van der Waals surface area contributed by atoms with E-state index in [-0.39, 0.29) is 0 Å². The maximum absolute atomic E-state index is 6.39. The second-order valence-corrected chi connectivity index (χ2v) is 16.2. The Morgan fingerprint density at radius 1 is 0.290 bits per heavy atom. The number of nitrogens with zero attached hydrogens (tertiary/aromatic N) is 3. The van der Waals surface area contributed by atoms with E-state index in [4.69, 9.17) is 19.4 Å². The Morgan fingerprint density at radius 3 is 1.44 bits per heavy atom. The van der Waals surface area contributed by atoms with E-state index in [1.54, 1.807) is 0 Å². The van der Waals surface area contributed by atoms with Gasteiger partial charge in [0, 0.05) is 27.5 Å². The van der Waals surface area contributed by atoms with E-state index in [0.29, 0.717) is 17.5 Å². The van der Waals surface area contributed by atoms with Gasteiger partial charge in [-0.2, -0.15) is 0 Å². The minimum absolute atomic E-state index is 0.587. The van der Waals surface area contributed by atoms with Gasteiger partial charge in [0.25, 0.3) is 0 Å². The molecule has 0 saturated carbocycles. The maximum Gasteiger partial charge on any atom is 0.164 e. The molecule has 4 nitrogen and oxygen atoms in total. The average Bonchev–Trinajstić information content (AvgIpc) is 3.84. The van der Waals surface area contributed by atoms with Crippen LogP contribution in [0.25, 0.3) is 101 Å². The fourth-order valence-corrected chi connectivity index (χ4v) is 10.4. The van der Waals surface area contributed by atoms with Crippen molar-refractivity contribution in [1.82, 2.24) is 15.0 Å². The van der Waals surface area contributed by atoms with Crippen molar-refractivity contribution in [3.63, 3.8) is 0 Å². The summed E-state index contributed by atoms with van der Waals surface area (Å²) in [5.41, 5.74) is 18.2. The van der Waals surface area contributed by atoms with Crippen LogP contribution in [0.1, 0.15) is 22.3 Å². The van der Waals surface area contributed by atoms with Gasteiger partial charge in [0.15, 0.2) is 17.5 Å². The van der Waals surface area contributed by atoms with E-state index in [9.17, 15) is 0 Å². The van der Waals surface area contributed by atoms with Crippen LogP contribution in [-0.4, -0.2) is 15.0 Å². The summed E-state index contributed by atoms with van der Waals surface area (Å²) in [5, 5.41) is 2.01. The second kappa shape index (κ2) is 13.4. The number of para-hydroxylation sites is 1. The minimum Gasteiger partial charge on any atom is -0.456 e. The molecule has 1 spiro atoms. The van der Waals surface area contributed by atoms with Gasteiger partial charge in [0.05, 0.1) is 5.41 Å². The Labute approximate surface area is 358 Å². The predicted octanol–water partition coefficient (Wildman–Crippen LogP) is 14.4. The first-order chi connectivity index (χ1) is 30.8. The summed E-state index contributed by atoms with van der Waals surface area (Å²) in [7, 11) is 0. The van der Waals surface area contributed by atoms with Gasteiger partial charge in [-0.25, -0.2) is 15.0 Å². The molecule has 0 bridgehead atoms. The topological polar surface area (TPSA) is 51.8 Å². The first-order valence-electron chi connectivity index (χ1n) is 21.1. The molecule has 0 fully saturated rings. The number of hydrogen-bond donors (Lipinski definition) is 0. The molecule has 4 heteroatoms.